The third-order valence-electron chi connectivity index (χ3n) is 4.05. The summed E-state index contributed by atoms with van der Waals surface area (Å²) in [5, 5.41) is 38.6. The molecule has 0 amide bonds. The molecular weight excluding hydrogens is 320 g/mol. The largest absolute Gasteiger partial charge is 0.457 e. The summed E-state index contributed by atoms with van der Waals surface area (Å²) in [4.78, 5) is 0. The van der Waals surface area contributed by atoms with Gasteiger partial charge in [0.2, 0.25) is 0 Å². The number of benzene rings is 2. The highest BCUT2D eigenvalue weighted by Gasteiger charge is 2.17. The molecule has 0 saturated carbocycles. The fourth-order valence-electron chi connectivity index (χ4n) is 2.70. The second kappa shape index (κ2) is 10.2. The van der Waals surface area contributed by atoms with Crippen molar-refractivity contribution in [2.45, 2.75) is 37.9 Å². The van der Waals surface area contributed by atoms with Gasteiger partial charge >= 0.3 is 0 Å². The molecule has 5 heteroatoms. The standard InChI is InChI=1S/C20H26O5/c21-13-5-9-17(23)15-7-1-3-11-19(15)25-20-12-4-2-8-16(20)18(24)10-6-14-22/h1-4,7-8,11-12,17-18,21-24H,5-6,9-10,13-14H2. The molecule has 0 aliphatic carbocycles. The molecule has 0 bridgehead atoms. The maximum atomic E-state index is 10.3. The van der Waals surface area contributed by atoms with Crippen molar-refractivity contribution in [1.82, 2.24) is 0 Å². The quantitative estimate of drug-likeness (QED) is 0.531. The topological polar surface area (TPSA) is 90.2 Å². The molecule has 2 aromatic rings. The van der Waals surface area contributed by atoms with Gasteiger partial charge in [0.15, 0.2) is 0 Å². The highest BCUT2D eigenvalue weighted by atomic mass is 16.5. The summed E-state index contributed by atoms with van der Waals surface area (Å²) in [7, 11) is 0. The Hall–Kier alpha value is -1.92. The number of hydrogen-bond acceptors (Lipinski definition) is 5. The monoisotopic (exact) mass is 346 g/mol. The van der Waals surface area contributed by atoms with E-state index in [1.165, 1.54) is 0 Å². The zero-order valence-corrected chi connectivity index (χ0v) is 14.2. The van der Waals surface area contributed by atoms with Crippen molar-refractivity contribution in [3.63, 3.8) is 0 Å². The molecule has 136 valence electrons. The van der Waals surface area contributed by atoms with Crippen LogP contribution in [0.2, 0.25) is 0 Å². The minimum Gasteiger partial charge on any atom is -0.457 e. The van der Waals surface area contributed by atoms with E-state index in [-0.39, 0.29) is 13.2 Å². The van der Waals surface area contributed by atoms with Gasteiger partial charge in [0.25, 0.3) is 0 Å². The van der Waals surface area contributed by atoms with Crippen molar-refractivity contribution in [3.8, 4) is 11.5 Å². The summed E-state index contributed by atoms with van der Waals surface area (Å²) < 4.78 is 6.00. The Labute approximate surface area is 148 Å². The lowest BCUT2D eigenvalue weighted by Gasteiger charge is -2.19. The number of para-hydroxylation sites is 2. The van der Waals surface area contributed by atoms with E-state index in [2.05, 4.69) is 0 Å². The van der Waals surface area contributed by atoms with E-state index < -0.39 is 12.2 Å². The smallest absolute Gasteiger partial charge is 0.133 e. The van der Waals surface area contributed by atoms with Crippen LogP contribution in [-0.2, 0) is 0 Å². The predicted octanol–water partition coefficient (Wildman–Crippen LogP) is 3.09. The lowest BCUT2D eigenvalue weighted by molar-refractivity contribution is 0.146. The minimum atomic E-state index is -0.727. The van der Waals surface area contributed by atoms with E-state index in [1.807, 2.05) is 24.3 Å². The second-order valence-electron chi connectivity index (χ2n) is 5.94. The van der Waals surface area contributed by atoms with Gasteiger partial charge in [0.1, 0.15) is 11.5 Å². The summed E-state index contributed by atoms with van der Waals surface area (Å²) in [6.07, 6.45) is 0.442. The van der Waals surface area contributed by atoms with Gasteiger partial charge in [-0.05, 0) is 37.8 Å². The van der Waals surface area contributed by atoms with E-state index in [1.54, 1.807) is 24.3 Å². The first-order valence-electron chi connectivity index (χ1n) is 8.61. The van der Waals surface area contributed by atoms with Crippen molar-refractivity contribution >= 4 is 0 Å². The van der Waals surface area contributed by atoms with Crippen LogP contribution >= 0.6 is 0 Å². The molecule has 0 aliphatic rings. The number of aliphatic hydroxyl groups excluding tert-OH is 4. The maximum absolute atomic E-state index is 10.3. The van der Waals surface area contributed by atoms with E-state index in [0.717, 1.165) is 0 Å². The van der Waals surface area contributed by atoms with Crippen molar-refractivity contribution in [2.75, 3.05) is 13.2 Å². The fraction of sp³-hybridized carbons (Fsp3) is 0.400. The molecule has 5 nitrogen and oxygen atoms in total. The highest BCUT2D eigenvalue weighted by Crippen LogP contribution is 2.35. The highest BCUT2D eigenvalue weighted by molar-refractivity contribution is 5.43. The summed E-state index contributed by atoms with van der Waals surface area (Å²) in [5.74, 6) is 1.05. The molecule has 0 saturated heterocycles. The minimum absolute atomic E-state index is 0.0277. The number of hydrogen-bond donors (Lipinski definition) is 4. The molecule has 2 unspecified atom stereocenters. The molecule has 0 heterocycles. The SMILES string of the molecule is OCCCC(O)c1ccccc1Oc1ccccc1C(O)CCCO. The molecule has 2 atom stereocenters. The molecule has 2 rings (SSSR count). The average molecular weight is 346 g/mol. The molecule has 0 fully saturated rings. The Balaban J connectivity index is 2.23. The molecule has 0 radical (unpaired) electrons. The Morgan fingerprint density at radius 3 is 1.48 bits per heavy atom. The van der Waals surface area contributed by atoms with Crippen LogP contribution in [0.1, 0.15) is 49.0 Å². The van der Waals surface area contributed by atoms with Crippen LogP contribution in [0.15, 0.2) is 48.5 Å². The van der Waals surface area contributed by atoms with Gasteiger partial charge in [0, 0.05) is 24.3 Å². The van der Waals surface area contributed by atoms with E-state index in [4.69, 9.17) is 14.9 Å². The normalized spacial score (nSPS) is 13.4. The average Bonchev–Trinajstić information content (AvgIpc) is 2.65. The van der Waals surface area contributed by atoms with E-state index in [0.29, 0.717) is 48.3 Å². The van der Waals surface area contributed by atoms with Gasteiger partial charge < -0.3 is 25.2 Å². The predicted molar refractivity (Wildman–Crippen MR) is 95.5 cm³/mol. The van der Waals surface area contributed by atoms with Gasteiger partial charge in [0.05, 0.1) is 12.2 Å². The third kappa shape index (κ3) is 5.54. The van der Waals surface area contributed by atoms with Crippen LogP contribution in [0.25, 0.3) is 0 Å². The Bertz CT molecular complexity index is 588. The molecule has 0 aliphatic heterocycles. The first-order chi connectivity index (χ1) is 12.2. The zero-order valence-electron chi connectivity index (χ0n) is 14.2. The van der Waals surface area contributed by atoms with Gasteiger partial charge in [-0.25, -0.2) is 0 Å². The molecule has 2 aromatic carbocycles. The second-order valence-corrected chi connectivity index (χ2v) is 5.94. The van der Waals surface area contributed by atoms with Gasteiger partial charge in [-0.3, -0.25) is 0 Å². The molecule has 0 spiro atoms. The van der Waals surface area contributed by atoms with Crippen LogP contribution in [-0.4, -0.2) is 33.6 Å². The van der Waals surface area contributed by atoms with Crippen molar-refractivity contribution in [3.05, 3.63) is 59.7 Å². The van der Waals surface area contributed by atoms with Crippen LogP contribution < -0.4 is 4.74 Å². The van der Waals surface area contributed by atoms with Gasteiger partial charge in [-0.1, -0.05) is 36.4 Å². The lowest BCUT2D eigenvalue weighted by Crippen LogP contribution is -2.04. The summed E-state index contributed by atoms with van der Waals surface area (Å²) in [6.45, 7) is 0.0555. The first kappa shape index (κ1) is 19.4. The van der Waals surface area contributed by atoms with Crippen molar-refractivity contribution < 1.29 is 25.2 Å². The zero-order chi connectivity index (χ0) is 18.1. The summed E-state index contributed by atoms with van der Waals surface area (Å²) in [6, 6.07) is 14.4. The van der Waals surface area contributed by atoms with Crippen LogP contribution in [0.3, 0.4) is 0 Å². The Morgan fingerprint density at radius 2 is 1.08 bits per heavy atom. The molecule has 0 aromatic heterocycles. The Kier molecular flexibility index (Phi) is 7.88. The molecular formula is C20H26O5. The number of ether oxygens (including phenoxy) is 1. The molecule has 25 heavy (non-hydrogen) atoms. The van der Waals surface area contributed by atoms with Gasteiger partial charge in [-0.2, -0.15) is 0 Å². The van der Waals surface area contributed by atoms with Gasteiger partial charge in [-0.15, -0.1) is 0 Å². The summed E-state index contributed by atoms with van der Waals surface area (Å²) in [5.41, 5.74) is 1.30. The van der Waals surface area contributed by atoms with Crippen LogP contribution in [0.5, 0.6) is 11.5 Å². The first-order valence-corrected chi connectivity index (χ1v) is 8.61. The summed E-state index contributed by atoms with van der Waals surface area (Å²) >= 11 is 0. The van der Waals surface area contributed by atoms with Crippen molar-refractivity contribution in [1.29, 1.82) is 0 Å². The van der Waals surface area contributed by atoms with E-state index in [9.17, 15) is 10.2 Å². The third-order valence-corrected chi connectivity index (χ3v) is 4.05. The lowest BCUT2D eigenvalue weighted by atomic mass is 10.0. The van der Waals surface area contributed by atoms with E-state index >= 15 is 0 Å². The number of rotatable bonds is 10. The van der Waals surface area contributed by atoms with Crippen molar-refractivity contribution in [2.24, 2.45) is 0 Å². The Morgan fingerprint density at radius 1 is 0.680 bits per heavy atom. The maximum Gasteiger partial charge on any atom is 0.133 e. The number of aliphatic hydroxyl groups is 4. The fourth-order valence-corrected chi connectivity index (χ4v) is 2.70. The van der Waals surface area contributed by atoms with Crippen LogP contribution in [0.4, 0.5) is 0 Å². The molecule has 4 N–H and O–H groups in total. The van der Waals surface area contributed by atoms with Crippen LogP contribution in [0, 0.1) is 0 Å².